The molecule has 0 amide bonds. The molecule has 3 rings (SSSR count). The third kappa shape index (κ3) is 3.36. The Morgan fingerprint density at radius 2 is 1.67 bits per heavy atom. The molecule has 0 bridgehead atoms. The van der Waals surface area contributed by atoms with Gasteiger partial charge in [0.1, 0.15) is 5.75 Å². The maximum Gasteiger partial charge on any atom is 0.164 e. The second-order valence-electron chi connectivity index (χ2n) is 5.65. The fourth-order valence-electron chi connectivity index (χ4n) is 3.18. The van der Waals surface area contributed by atoms with Crippen LogP contribution in [0.5, 0.6) is 17.2 Å². The molecule has 2 heterocycles. The molecule has 1 saturated heterocycles. The fraction of sp³-hybridized carbons (Fsp3) is 0.444. The number of rotatable bonds is 6. The van der Waals surface area contributed by atoms with Gasteiger partial charge in [0.15, 0.2) is 11.5 Å². The number of ether oxygens (including phenoxy) is 3. The summed E-state index contributed by atoms with van der Waals surface area (Å²) in [6.07, 6.45) is 0. The van der Waals surface area contributed by atoms with Gasteiger partial charge in [-0.05, 0) is 17.5 Å². The van der Waals surface area contributed by atoms with Gasteiger partial charge in [0.25, 0.3) is 0 Å². The first-order chi connectivity index (χ1) is 11.8. The van der Waals surface area contributed by atoms with E-state index in [9.17, 15) is 0 Å². The van der Waals surface area contributed by atoms with Crippen molar-refractivity contribution in [1.82, 2.24) is 10.2 Å². The summed E-state index contributed by atoms with van der Waals surface area (Å²) in [5.74, 6) is 2.23. The summed E-state index contributed by atoms with van der Waals surface area (Å²) in [5.41, 5.74) is 1.11. The van der Waals surface area contributed by atoms with Crippen molar-refractivity contribution in [3.05, 3.63) is 40.1 Å². The van der Waals surface area contributed by atoms with E-state index in [1.165, 1.54) is 4.88 Å². The van der Waals surface area contributed by atoms with Crippen LogP contribution in [0.25, 0.3) is 0 Å². The number of nitrogens with zero attached hydrogens (tertiary/aromatic N) is 1. The predicted molar refractivity (Wildman–Crippen MR) is 96.7 cm³/mol. The normalized spacial score (nSPS) is 16.6. The van der Waals surface area contributed by atoms with E-state index in [1.54, 1.807) is 32.7 Å². The van der Waals surface area contributed by atoms with Crippen LogP contribution in [0.3, 0.4) is 0 Å². The molecule has 0 radical (unpaired) electrons. The molecule has 1 unspecified atom stereocenters. The van der Waals surface area contributed by atoms with Gasteiger partial charge < -0.3 is 19.5 Å². The second kappa shape index (κ2) is 7.88. The summed E-state index contributed by atoms with van der Waals surface area (Å²) in [5, 5.41) is 5.54. The van der Waals surface area contributed by atoms with Crippen LogP contribution in [0, 0.1) is 0 Å². The quantitative estimate of drug-likeness (QED) is 0.869. The minimum Gasteiger partial charge on any atom is -0.496 e. The van der Waals surface area contributed by atoms with Gasteiger partial charge >= 0.3 is 0 Å². The summed E-state index contributed by atoms with van der Waals surface area (Å²) >= 11 is 1.77. The summed E-state index contributed by atoms with van der Waals surface area (Å²) in [6, 6.07) is 8.40. The summed E-state index contributed by atoms with van der Waals surface area (Å²) in [4.78, 5) is 3.80. The molecule has 1 aromatic heterocycles. The maximum absolute atomic E-state index is 5.68. The Morgan fingerprint density at radius 3 is 2.25 bits per heavy atom. The fourth-order valence-corrected chi connectivity index (χ4v) is 4.06. The Bertz CT molecular complexity index is 655. The average molecular weight is 348 g/mol. The van der Waals surface area contributed by atoms with Crippen LogP contribution in [0.2, 0.25) is 0 Å². The van der Waals surface area contributed by atoms with E-state index in [1.807, 2.05) is 12.1 Å². The van der Waals surface area contributed by atoms with E-state index in [-0.39, 0.29) is 6.04 Å². The van der Waals surface area contributed by atoms with E-state index in [4.69, 9.17) is 14.2 Å². The van der Waals surface area contributed by atoms with E-state index >= 15 is 0 Å². The molecule has 5 nitrogen and oxygen atoms in total. The molecule has 0 aliphatic carbocycles. The highest BCUT2D eigenvalue weighted by Crippen LogP contribution is 2.42. The SMILES string of the molecule is COc1cc(OC)c(C(c2cccs2)N2CCNCC2)cc1OC. The van der Waals surface area contributed by atoms with Crippen molar-refractivity contribution in [3.8, 4) is 17.2 Å². The van der Waals surface area contributed by atoms with Crippen LogP contribution >= 0.6 is 11.3 Å². The molecule has 2 aromatic rings. The van der Waals surface area contributed by atoms with Crippen molar-refractivity contribution < 1.29 is 14.2 Å². The van der Waals surface area contributed by atoms with Crippen molar-refractivity contribution >= 4 is 11.3 Å². The van der Waals surface area contributed by atoms with E-state index < -0.39 is 0 Å². The smallest absolute Gasteiger partial charge is 0.164 e. The molecule has 1 atom stereocenters. The lowest BCUT2D eigenvalue weighted by atomic mass is 10.0. The topological polar surface area (TPSA) is 43.0 Å². The van der Waals surface area contributed by atoms with Crippen LogP contribution in [0.4, 0.5) is 0 Å². The first-order valence-electron chi connectivity index (χ1n) is 8.06. The molecule has 1 N–H and O–H groups in total. The zero-order valence-electron chi connectivity index (χ0n) is 14.4. The monoisotopic (exact) mass is 348 g/mol. The van der Waals surface area contributed by atoms with E-state index in [0.717, 1.165) is 43.2 Å². The Kier molecular flexibility index (Phi) is 5.60. The number of methoxy groups -OCH3 is 3. The minimum absolute atomic E-state index is 0.154. The maximum atomic E-state index is 5.68. The molecule has 0 saturated carbocycles. The third-order valence-electron chi connectivity index (χ3n) is 4.36. The Labute approximate surface area is 147 Å². The Balaban J connectivity index is 2.09. The molecule has 1 aliphatic heterocycles. The third-order valence-corrected chi connectivity index (χ3v) is 5.28. The predicted octanol–water partition coefficient (Wildman–Crippen LogP) is 2.77. The van der Waals surface area contributed by atoms with Gasteiger partial charge in [0.2, 0.25) is 0 Å². The highest BCUT2D eigenvalue weighted by atomic mass is 32.1. The molecule has 130 valence electrons. The summed E-state index contributed by atoms with van der Waals surface area (Å²) in [7, 11) is 5.01. The van der Waals surface area contributed by atoms with Gasteiger partial charge in [-0.3, -0.25) is 4.90 Å². The highest BCUT2D eigenvalue weighted by Gasteiger charge is 2.28. The van der Waals surface area contributed by atoms with Crippen molar-refractivity contribution in [2.75, 3.05) is 47.5 Å². The van der Waals surface area contributed by atoms with Gasteiger partial charge in [-0.1, -0.05) is 6.07 Å². The molecule has 0 spiro atoms. The van der Waals surface area contributed by atoms with Crippen LogP contribution < -0.4 is 19.5 Å². The average Bonchev–Trinajstić information content (AvgIpc) is 3.16. The minimum atomic E-state index is 0.154. The standard InChI is InChI=1S/C18H24N2O3S/c1-21-14-12-16(23-3)15(22-2)11-13(14)18(17-5-4-10-24-17)20-8-6-19-7-9-20/h4-5,10-12,18-19H,6-9H2,1-3H3. The molecular weight excluding hydrogens is 324 g/mol. The zero-order valence-corrected chi connectivity index (χ0v) is 15.2. The largest absolute Gasteiger partial charge is 0.496 e. The highest BCUT2D eigenvalue weighted by molar-refractivity contribution is 7.10. The van der Waals surface area contributed by atoms with Crippen molar-refractivity contribution in [2.24, 2.45) is 0 Å². The first-order valence-corrected chi connectivity index (χ1v) is 8.94. The van der Waals surface area contributed by atoms with E-state index in [0.29, 0.717) is 5.75 Å². The molecule has 6 heteroatoms. The lowest BCUT2D eigenvalue weighted by molar-refractivity contribution is 0.197. The number of thiophene rings is 1. The Hall–Kier alpha value is -1.76. The van der Waals surface area contributed by atoms with Crippen LogP contribution in [0.15, 0.2) is 29.6 Å². The van der Waals surface area contributed by atoms with Gasteiger partial charge in [-0.15, -0.1) is 11.3 Å². The lowest BCUT2D eigenvalue weighted by Crippen LogP contribution is -2.45. The molecule has 24 heavy (non-hydrogen) atoms. The molecule has 1 aromatic carbocycles. The van der Waals surface area contributed by atoms with Gasteiger partial charge in [-0.25, -0.2) is 0 Å². The number of piperazine rings is 1. The summed E-state index contributed by atoms with van der Waals surface area (Å²) < 4.78 is 16.6. The van der Waals surface area contributed by atoms with Gasteiger partial charge in [0.05, 0.1) is 27.4 Å². The van der Waals surface area contributed by atoms with Crippen molar-refractivity contribution in [1.29, 1.82) is 0 Å². The number of hydrogen-bond donors (Lipinski definition) is 1. The Morgan fingerprint density at radius 1 is 1.00 bits per heavy atom. The van der Waals surface area contributed by atoms with Gasteiger partial charge in [-0.2, -0.15) is 0 Å². The zero-order chi connectivity index (χ0) is 16.9. The van der Waals surface area contributed by atoms with E-state index in [2.05, 4.69) is 27.7 Å². The lowest BCUT2D eigenvalue weighted by Gasteiger charge is -2.35. The number of benzene rings is 1. The van der Waals surface area contributed by atoms with Crippen LogP contribution in [-0.4, -0.2) is 52.4 Å². The number of hydrogen-bond acceptors (Lipinski definition) is 6. The van der Waals surface area contributed by atoms with Crippen molar-refractivity contribution in [3.63, 3.8) is 0 Å². The van der Waals surface area contributed by atoms with Crippen LogP contribution in [0.1, 0.15) is 16.5 Å². The van der Waals surface area contributed by atoms with Crippen molar-refractivity contribution in [2.45, 2.75) is 6.04 Å². The first kappa shape index (κ1) is 17.1. The summed E-state index contributed by atoms with van der Waals surface area (Å²) in [6.45, 7) is 4.00. The number of nitrogens with one attached hydrogen (secondary N) is 1. The molecule has 1 aliphatic rings. The van der Waals surface area contributed by atoms with Crippen LogP contribution in [-0.2, 0) is 0 Å². The molecular formula is C18H24N2O3S. The second-order valence-corrected chi connectivity index (χ2v) is 6.63. The van der Waals surface area contributed by atoms with Gasteiger partial charge in [0, 0.05) is 42.7 Å². The molecule has 1 fully saturated rings.